The molecule has 1 saturated carbocycles. The molecule has 1 aliphatic carbocycles. The van der Waals surface area contributed by atoms with Crippen molar-refractivity contribution in [1.29, 1.82) is 0 Å². The molecule has 136 valence electrons. The van der Waals surface area contributed by atoms with Crippen molar-refractivity contribution in [3.63, 3.8) is 0 Å². The highest BCUT2D eigenvalue weighted by Crippen LogP contribution is 2.34. The Morgan fingerprint density at radius 3 is 2.76 bits per heavy atom. The first-order valence-corrected chi connectivity index (χ1v) is 9.01. The van der Waals surface area contributed by atoms with Gasteiger partial charge in [-0.1, -0.05) is 26.2 Å². The molecule has 3 rings (SSSR count). The van der Waals surface area contributed by atoms with E-state index in [1.807, 2.05) is 14.0 Å². The molecule has 2 N–H and O–H groups in total. The summed E-state index contributed by atoms with van der Waals surface area (Å²) in [5.41, 5.74) is 5.76. The van der Waals surface area contributed by atoms with Gasteiger partial charge in [0.15, 0.2) is 17.7 Å². The maximum Gasteiger partial charge on any atom is 0.269 e. The number of fused-ring (bicyclic) bond motifs is 1. The van der Waals surface area contributed by atoms with Crippen molar-refractivity contribution in [2.24, 2.45) is 0 Å². The average molecular weight is 346 g/mol. The Hall–Kier alpha value is -2.31. The fourth-order valence-corrected chi connectivity index (χ4v) is 3.55. The van der Waals surface area contributed by atoms with Crippen LogP contribution in [-0.4, -0.2) is 47.4 Å². The van der Waals surface area contributed by atoms with Crippen LogP contribution < -0.4 is 15.4 Å². The lowest BCUT2D eigenvalue weighted by atomic mass is 9.94. The first-order valence-electron chi connectivity index (χ1n) is 9.01. The van der Waals surface area contributed by atoms with Crippen LogP contribution in [0.2, 0.25) is 0 Å². The van der Waals surface area contributed by atoms with Crippen LogP contribution in [0, 0.1) is 0 Å². The zero-order valence-corrected chi connectivity index (χ0v) is 14.9. The van der Waals surface area contributed by atoms with Gasteiger partial charge < -0.3 is 15.4 Å². The van der Waals surface area contributed by atoms with Gasteiger partial charge in [0.1, 0.15) is 12.4 Å². The first-order chi connectivity index (χ1) is 12.0. The molecular weight excluding hydrogens is 320 g/mol. The molecule has 0 spiro atoms. The molecule has 0 radical (unpaired) electrons. The maximum atomic E-state index is 12.8. The van der Waals surface area contributed by atoms with Crippen LogP contribution in [0.3, 0.4) is 0 Å². The van der Waals surface area contributed by atoms with Gasteiger partial charge in [-0.15, -0.1) is 0 Å². The molecule has 0 saturated heterocycles. The highest BCUT2D eigenvalue weighted by Gasteiger charge is 2.36. The second-order valence-corrected chi connectivity index (χ2v) is 6.79. The van der Waals surface area contributed by atoms with Gasteiger partial charge in [-0.3, -0.25) is 14.5 Å². The van der Waals surface area contributed by atoms with Crippen LogP contribution in [-0.2, 0) is 9.59 Å². The van der Waals surface area contributed by atoms with Crippen LogP contribution >= 0.6 is 0 Å². The Bertz CT molecular complexity index is 658. The van der Waals surface area contributed by atoms with E-state index < -0.39 is 6.10 Å². The first kappa shape index (κ1) is 17.5. The highest BCUT2D eigenvalue weighted by molar-refractivity contribution is 6.03. The summed E-state index contributed by atoms with van der Waals surface area (Å²) in [7, 11) is 1.83. The topological polar surface area (TPSA) is 88.8 Å². The van der Waals surface area contributed by atoms with Gasteiger partial charge >= 0.3 is 0 Å². The molecule has 1 unspecified atom stereocenters. The van der Waals surface area contributed by atoms with Crippen molar-refractivity contribution >= 4 is 23.5 Å². The fraction of sp³-hybridized carbons (Fsp3) is 0.611. The molecule has 1 fully saturated rings. The van der Waals surface area contributed by atoms with Crippen LogP contribution in [0.4, 0.5) is 11.6 Å². The monoisotopic (exact) mass is 346 g/mol. The van der Waals surface area contributed by atoms with E-state index in [-0.39, 0.29) is 24.4 Å². The zero-order chi connectivity index (χ0) is 18.0. The van der Waals surface area contributed by atoms with Gasteiger partial charge in [0.05, 0.1) is 0 Å². The summed E-state index contributed by atoms with van der Waals surface area (Å²) in [5.74, 6) is 0.808. The second-order valence-electron chi connectivity index (χ2n) is 6.79. The largest absolute Gasteiger partial charge is 0.477 e. The van der Waals surface area contributed by atoms with Gasteiger partial charge in [-0.05, 0) is 31.4 Å². The van der Waals surface area contributed by atoms with E-state index in [9.17, 15) is 9.59 Å². The molecule has 7 heteroatoms. The molecule has 7 nitrogen and oxygen atoms in total. The van der Waals surface area contributed by atoms with Crippen molar-refractivity contribution in [3.05, 3.63) is 12.1 Å². The molecule has 0 aromatic carbocycles. The standard InChI is InChI=1S/C18H26N4O3/c1-3-13-18(24)22(17-14(25-13)9-10-15(19)20-17)11-16(23)21(2)12-7-5-4-6-8-12/h9-10,12-13H,3-8,11H2,1-2H3,(H2,19,20). The summed E-state index contributed by atoms with van der Waals surface area (Å²) < 4.78 is 5.70. The van der Waals surface area contributed by atoms with Gasteiger partial charge in [0, 0.05) is 13.1 Å². The number of carbonyl (C=O) groups is 2. The predicted molar refractivity (Wildman–Crippen MR) is 95.4 cm³/mol. The summed E-state index contributed by atoms with van der Waals surface area (Å²) >= 11 is 0. The number of hydrogen-bond donors (Lipinski definition) is 1. The Morgan fingerprint density at radius 1 is 1.36 bits per heavy atom. The van der Waals surface area contributed by atoms with E-state index in [0.29, 0.717) is 23.8 Å². The number of rotatable bonds is 4. The summed E-state index contributed by atoms with van der Waals surface area (Å²) in [6.45, 7) is 1.85. The lowest BCUT2D eigenvalue weighted by molar-refractivity contribution is -0.134. The van der Waals surface area contributed by atoms with Crippen molar-refractivity contribution in [1.82, 2.24) is 9.88 Å². The third-order valence-corrected chi connectivity index (χ3v) is 5.11. The van der Waals surface area contributed by atoms with Crippen molar-refractivity contribution in [2.45, 2.75) is 57.6 Å². The van der Waals surface area contributed by atoms with Crippen molar-refractivity contribution in [3.8, 4) is 5.75 Å². The third kappa shape index (κ3) is 3.55. The predicted octanol–water partition coefficient (Wildman–Crippen LogP) is 1.96. The Balaban J connectivity index is 1.81. The maximum absolute atomic E-state index is 12.8. The molecule has 1 atom stereocenters. The van der Waals surface area contributed by atoms with Crippen LogP contribution in [0.5, 0.6) is 5.75 Å². The van der Waals surface area contributed by atoms with E-state index >= 15 is 0 Å². The van der Waals surface area contributed by atoms with E-state index in [2.05, 4.69) is 4.98 Å². The Morgan fingerprint density at radius 2 is 2.08 bits per heavy atom. The van der Waals surface area contributed by atoms with Gasteiger partial charge in [0.25, 0.3) is 5.91 Å². The average Bonchev–Trinajstić information content (AvgIpc) is 2.64. The number of aromatic nitrogens is 1. The normalized spacial score (nSPS) is 20.8. The van der Waals surface area contributed by atoms with Crippen LogP contribution in [0.1, 0.15) is 45.4 Å². The van der Waals surface area contributed by atoms with Crippen molar-refractivity contribution in [2.75, 3.05) is 24.2 Å². The number of pyridine rings is 1. The Labute approximate surface area is 148 Å². The van der Waals surface area contributed by atoms with Gasteiger partial charge in [-0.2, -0.15) is 0 Å². The van der Waals surface area contributed by atoms with Gasteiger partial charge in [0.2, 0.25) is 5.91 Å². The molecule has 1 aromatic heterocycles. The zero-order valence-electron chi connectivity index (χ0n) is 14.9. The number of hydrogen-bond acceptors (Lipinski definition) is 5. The van der Waals surface area contributed by atoms with Crippen LogP contribution in [0.15, 0.2) is 12.1 Å². The molecule has 2 aliphatic rings. The molecule has 1 aromatic rings. The number of likely N-dealkylation sites (N-methyl/N-ethyl adjacent to an activating group) is 1. The minimum Gasteiger partial charge on any atom is -0.477 e. The number of ether oxygens (including phenoxy) is 1. The SMILES string of the molecule is CCC1Oc2ccc(N)nc2N(CC(=O)N(C)C2CCCCC2)C1=O. The molecule has 2 amide bonds. The number of nitrogens with zero attached hydrogens (tertiary/aromatic N) is 3. The van der Waals surface area contributed by atoms with Crippen LogP contribution in [0.25, 0.3) is 0 Å². The smallest absolute Gasteiger partial charge is 0.269 e. The summed E-state index contributed by atoms with van der Waals surface area (Å²) in [4.78, 5) is 32.9. The minimum atomic E-state index is -0.592. The summed E-state index contributed by atoms with van der Waals surface area (Å²) in [6, 6.07) is 3.59. The second kappa shape index (κ2) is 7.29. The van der Waals surface area contributed by atoms with Crippen molar-refractivity contribution < 1.29 is 14.3 Å². The molecular formula is C18H26N4O3. The van der Waals surface area contributed by atoms with E-state index in [1.165, 1.54) is 11.3 Å². The molecule has 25 heavy (non-hydrogen) atoms. The molecule has 0 bridgehead atoms. The number of amides is 2. The van der Waals surface area contributed by atoms with E-state index in [4.69, 9.17) is 10.5 Å². The molecule has 1 aliphatic heterocycles. The summed E-state index contributed by atoms with van der Waals surface area (Å²) in [6.07, 6.45) is 5.53. The molecule has 2 heterocycles. The number of nitrogen functional groups attached to an aromatic ring is 1. The van der Waals surface area contributed by atoms with Gasteiger partial charge in [-0.25, -0.2) is 4.98 Å². The number of carbonyl (C=O) groups excluding carboxylic acids is 2. The number of anilines is 2. The fourth-order valence-electron chi connectivity index (χ4n) is 3.55. The minimum absolute atomic E-state index is 0.0326. The number of nitrogens with two attached hydrogens (primary N) is 1. The Kier molecular flexibility index (Phi) is 5.11. The highest BCUT2D eigenvalue weighted by atomic mass is 16.5. The third-order valence-electron chi connectivity index (χ3n) is 5.11. The lowest BCUT2D eigenvalue weighted by Gasteiger charge is -2.36. The van der Waals surface area contributed by atoms with E-state index in [1.54, 1.807) is 17.0 Å². The lowest BCUT2D eigenvalue weighted by Crippen LogP contribution is -2.51. The van der Waals surface area contributed by atoms with E-state index in [0.717, 1.165) is 25.7 Å². The summed E-state index contributed by atoms with van der Waals surface area (Å²) in [5, 5.41) is 0. The quantitative estimate of drug-likeness (QED) is 0.900.